The van der Waals surface area contributed by atoms with Gasteiger partial charge >= 0.3 is 6.03 Å². The highest BCUT2D eigenvalue weighted by molar-refractivity contribution is 6.06. The predicted molar refractivity (Wildman–Crippen MR) is 98.8 cm³/mol. The molecule has 0 radical (unpaired) electrons. The van der Waals surface area contributed by atoms with Crippen LogP contribution in [0.5, 0.6) is 5.75 Å². The molecular weight excluding hydrogens is 300 g/mol. The average Bonchev–Trinajstić information content (AvgIpc) is 2.56. The fraction of sp³-hybridized carbons (Fsp3) is 0.150. The first-order valence-electron chi connectivity index (χ1n) is 7.94. The number of hydrogen-bond donors (Lipinski definition) is 2. The highest BCUT2D eigenvalue weighted by Gasteiger charge is 2.06. The van der Waals surface area contributed by atoms with Crippen molar-refractivity contribution in [1.82, 2.24) is 0 Å². The Hall–Kier alpha value is -3.01. The van der Waals surface area contributed by atoms with Crippen LogP contribution in [-0.2, 0) is 0 Å². The molecule has 0 aromatic heterocycles. The number of nitrogens with one attached hydrogen (secondary N) is 2. The Morgan fingerprint density at radius 2 is 1.58 bits per heavy atom. The average molecular weight is 320 g/mol. The topological polar surface area (TPSA) is 50.4 Å². The van der Waals surface area contributed by atoms with E-state index in [0.29, 0.717) is 5.69 Å². The van der Waals surface area contributed by atoms with Crippen molar-refractivity contribution in [3.05, 3.63) is 66.7 Å². The molecule has 122 valence electrons. The van der Waals surface area contributed by atoms with Gasteiger partial charge in [0.05, 0.1) is 11.8 Å². The Morgan fingerprint density at radius 1 is 0.875 bits per heavy atom. The SMILES string of the molecule is CC(C)Oc1ccc(NC(=O)Nc2cccc3ccccc23)cc1. The molecule has 0 heterocycles. The summed E-state index contributed by atoms with van der Waals surface area (Å²) in [6.45, 7) is 3.95. The fourth-order valence-electron chi connectivity index (χ4n) is 2.51. The van der Waals surface area contributed by atoms with Crippen molar-refractivity contribution in [3.63, 3.8) is 0 Å². The van der Waals surface area contributed by atoms with Gasteiger partial charge in [-0.2, -0.15) is 0 Å². The summed E-state index contributed by atoms with van der Waals surface area (Å²) in [6, 6.07) is 20.8. The van der Waals surface area contributed by atoms with Crippen molar-refractivity contribution in [1.29, 1.82) is 0 Å². The van der Waals surface area contributed by atoms with Gasteiger partial charge < -0.3 is 15.4 Å². The molecule has 0 saturated heterocycles. The minimum Gasteiger partial charge on any atom is -0.491 e. The molecule has 3 aromatic rings. The second kappa shape index (κ2) is 7.04. The summed E-state index contributed by atoms with van der Waals surface area (Å²) in [6.07, 6.45) is 0.124. The normalized spacial score (nSPS) is 10.6. The summed E-state index contributed by atoms with van der Waals surface area (Å²) >= 11 is 0. The number of carbonyl (C=O) groups excluding carboxylic acids is 1. The second-order valence-electron chi connectivity index (χ2n) is 5.80. The standard InChI is InChI=1S/C20H20N2O2/c1-14(2)24-17-12-10-16(11-13-17)21-20(23)22-19-9-5-7-15-6-3-4-8-18(15)19/h3-14H,1-2H3,(H2,21,22,23). The third-order valence-corrected chi connectivity index (χ3v) is 3.52. The molecule has 24 heavy (non-hydrogen) atoms. The molecule has 0 fully saturated rings. The van der Waals surface area contributed by atoms with E-state index in [1.54, 1.807) is 0 Å². The molecule has 0 aliphatic carbocycles. The number of anilines is 2. The lowest BCUT2D eigenvalue weighted by Gasteiger charge is -2.12. The number of benzene rings is 3. The van der Waals surface area contributed by atoms with Crippen LogP contribution in [0.25, 0.3) is 10.8 Å². The van der Waals surface area contributed by atoms with Crippen LogP contribution in [-0.4, -0.2) is 12.1 Å². The third kappa shape index (κ3) is 3.84. The van der Waals surface area contributed by atoms with Gasteiger partial charge in [0, 0.05) is 11.1 Å². The maximum Gasteiger partial charge on any atom is 0.323 e. The summed E-state index contributed by atoms with van der Waals surface area (Å²) in [4.78, 5) is 12.2. The van der Waals surface area contributed by atoms with E-state index in [9.17, 15) is 4.79 Å². The van der Waals surface area contributed by atoms with Crippen molar-refractivity contribution in [3.8, 4) is 5.75 Å². The van der Waals surface area contributed by atoms with Crippen LogP contribution in [0.3, 0.4) is 0 Å². The molecule has 4 nitrogen and oxygen atoms in total. The van der Waals surface area contributed by atoms with E-state index in [1.807, 2.05) is 80.6 Å². The van der Waals surface area contributed by atoms with Crippen molar-refractivity contribution >= 4 is 28.2 Å². The molecule has 0 aliphatic heterocycles. The number of carbonyl (C=O) groups is 1. The summed E-state index contributed by atoms with van der Waals surface area (Å²) < 4.78 is 5.59. The van der Waals surface area contributed by atoms with E-state index in [1.165, 1.54) is 0 Å². The van der Waals surface area contributed by atoms with Crippen molar-refractivity contribution < 1.29 is 9.53 Å². The Labute approximate surface area is 141 Å². The summed E-state index contributed by atoms with van der Waals surface area (Å²) in [7, 11) is 0. The molecule has 2 N–H and O–H groups in total. The molecule has 4 heteroatoms. The molecule has 0 aliphatic rings. The van der Waals surface area contributed by atoms with Gasteiger partial charge in [0.15, 0.2) is 0 Å². The zero-order valence-electron chi connectivity index (χ0n) is 13.7. The highest BCUT2D eigenvalue weighted by atomic mass is 16.5. The number of rotatable bonds is 4. The first-order chi connectivity index (χ1) is 11.6. The first-order valence-corrected chi connectivity index (χ1v) is 7.94. The molecule has 2 amide bonds. The van der Waals surface area contributed by atoms with E-state index in [2.05, 4.69) is 10.6 Å². The number of urea groups is 1. The van der Waals surface area contributed by atoms with Gasteiger partial charge in [0.25, 0.3) is 0 Å². The lowest BCUT2D eigenvalue weighted by atomic mass is 10.1. The van der Waals surface area contributed by atoms with Gasteiger partial charge in [-0.1, -0.05) is 36.4 Å². The Morgan fingerprint density at radius 3 is 2.33 bits per heavy atom. The van der Waals surface area contributed by atoms with Gasteiger partial charge in [0.1, 0.15) is 5.75 Å². The third-order valence-electron chi connectivity index (χ3n) is 3.52. The molecule has 0 spiro atoms. The van der Waals surface area contributed by atoms with Crippen LogP contribution in [0.2, 0.25) is 0 Å². The second-order valence-corrected chi connectivity index (χ2v) is 5.80. The van der Waals surface area contributed by atoms with Crippen LogP contribution >= 0.6 is 0 Å². The maximum atomic E-state index is 12.2. The van der Waals surface area contributed by atoms with Crippen molar-refractivity contribution in [2.75, 3.05) is 10.6 Å². The Balaban J connectivity index is 1.69. The van der Waals surface area contributed by atoms with Crippen LogP contribution in [0.1, 0.15) is 13.8 Å². The molecule has 0 saturated carbocycles. The maximum absolute atomic E-state index is 12.2. The molecule has 3 rings (SSSR count). The lowest BCUT2D eigenvalue weighted by Crippen LogP contribution is -2.19. The smallest absolute Gasteiger partial charge is 0.323 e. The quantitative estimate of drug-likeness (QED) is 0.688. The monoisotopic (exact) mass is 320 g/mol. The zero-order chi connectivity index (χ0) is 16.9. The predicted octanol–water partition coefficient (Wildman–Crippen LogP) is 5.27. The van der Waals surface area contributed by atoms with E-state index in [-0.39, 0.29) is 12.1 Å². The highest BCUT2D eigenvalue weighted by Crippen LogP contribution is 2.23. The first kappa shape index (κ1) is 15.9. The molecule has 3 aromatic carbocycles. The van der Waals surface area contributed by atoms with Crippen LogP contribution in [0.4, 0.5) is 16.2 Å². The van der Waals surface area contributed by atoms with Gasteiger partial charge in [-0.25, -0.2) is 4.79 Å². The van der Waals surface area contributed by atoms with Crippen LogP contribution in [0.15, 0.2) is 66.7 Å². The number of amides is 2. The minimum atomic E-state index is -0.274. The van der Waals surface area contributed by atoms with Gasteiger partial charge in [-0.3, -0.25) is 0 Å². The minimum absolute atomic E-state index is 0.124. The Bertz CT molecular complexity index is 836. The van der Waals surface area contributed by atoms with E-state index >= 15 is 0 Å². The van der Waals surface area contributed by atoms with Crippen molar-refractivity contribution in [2.45, 2.75) is 20.0 Å². The van der Waals surface area contributed by atoms with Gasteiger partial charge in [0.2, 0.25) is 0 Å². The Kier molecular flexibility index (Phi) is 4.66. The van der Waals surface area contributed by atoms with Gasteiger partial charge in [-0.15, -0.1) is 0 Å². The zero-order valence-corrected chi connectivity index (χ0v) is 13.7. The van der Waals surface area contributed by atoms with Crippen molar-refractivity contribution in [2.24, 2.45) is 0 Å². The lowest BCUT2D eigenvalue weighted by molar-refractivity contribution is 0.242. The summed E-state index contributed by atoms with van der Waals surface area (Å²) in [5.41, 5.74) is 1.49. The van der Waals surface area contributed by atoms with Crippen LogP contribution < -0.4 is 15.4 Å². The summed E-state index contributed by atoms with van der Waals surface area (Å²) in [5, 5.41) is 7.83. The summed E-state index contributed by atoms with van der Waals surface area (Å²) in [5.74, 6) is 0.782. The number of hydrogen-bond acceptors (Lipinski definition) is 2. The number of ether oxygens (including phenoxy) is 1. The van der Waals surface area contributed by atoms with Gasteiger partial charge in [-0.05, 0) is 49.6 Å². The van der Waals surface area contributed by atoms with E-state index in [0.717, 1.165) is 22.2 Å². The van der Waals surface area contributed by atoms with E-state index < -0.39 is 0 Å². The molecule has 0 bridgehead atoms. The fourth-order valence-corrected chi connectivity index (χ4v) is 2.51. The molecule has 0 unspecified atom stereocenters. The largest absolute Gasteiger partial charge is 0.491 e. The van der Waals surface area contributed by atoms with Crippen LogP contribution in [0, 0.1) is 0 Å². The van der Waals surface area contributed by atoms with E-state index in [4.69, 9.17) is 4.74 Å². The number of fused-ring (bicyclic) bond motifs is 1. The molecule has 0 atom stereocenters. The molecular formula is C20H20N2O2.